The van der Waals surface area contributed by atoms with Crippen LogP contribution in [0, 0.1) is 10.1 Å². The SMILES string of the molecule is CCOC(=O)c1cc2cc(Cl)ccc2[nH]c1=O.Nc1ccccc1N.O=Cc1cc(Cl)ccc1[N+](=O)[O-].O=c1[nH]c2ccc(Cl)cc2cc1-c1nc2ccccc2[nH]1. The van der Waals surface area contributed by atoms with E-state index < -0.39 is 16.5 Å². The van der Waals surface area contributed by atoms with Crippen LogP contribution in [0.2, 0.25) is 15.1 Å². The largest absolute Gasteiger partial charge is 0.462 e. The number of ether oxygens (including phenoxy) is 1. The number of H-pyrrole nitrogens is 3. The third kappa shape index (κ3) is 10.6. The molecule has 7 N–H and O–H groups in total. The zero-order valence-corrected chi connectivity index (χ0v) is 32.6. The first kappa shape index (κ1) is 42.1. The smallest absolute Gasteiger partial charge is 0.343 e. The molecule has 5 aromatic carbocycles. The number of nitrogens with zero attached hydrogens (tertiary/aromatic N) is 2. The molecule has 8 aromatic rings. The van der Waals surface area contributed by atoms with Gasteiger partial charge >= 0.3 is 5.97 Å². The van der Waals surface area contributed by atoms with Crippen molar-refractivity contribution < 1.29 is 19.2 Å². The Morgan fingerprint density at radius 3 is 1.86 bits per heavy atom. The van der Waals surface area contributed by atoms with Crippen molar-refractivity contribution in [2.75, 3.05) is 18.1 Å². The lowest BCUT2D eigenvalue weighted by atomic mass is 10.1. The van der Waals surface area contributed by atoms with Crippen LogP contribution < -0.4 is 22.6 Å². The van der Waals surface area contributed by atoms with Crippen LogP contribution in [0.3, 0.4) is 0 Å². The lowest BCUT2D eigenvalue weighted by Crippen LogP contribution is -2.19. The predicted molar refractivity (Wildman–Crippen MR) is 229 cm³/mol. The quantitative estimate of drug-likeness (QED) is 0.0363. The number of nitrogen functional groups attached to an aromatic ring is 2. The molecule has 0 bridgehead atoms. The minimum Gasteiger partial charge on any atom is -0.462 e. The molecule has 294 valence electrons. The van der Waals surface area contributed by atoms with E-state index in [1.165, 1.54) is 24.3 Å². The van der Waals surface area contributed by atoms with Gasteiger partial charge in [-0.05, 0) is 91.9 Å². The highest BCUT2D eigenvalue weighted by Gasteiger charge is 2.14. The summed E-state index contributed by atoms with van der Waals surface area (Å²) in [5, 5.41) is 13.3. The molecule has 0 amide bonds. The first-order valence-corrected chi connectivity index (χ1v) is 18.2. The summed E-state index contributed by atoms with van der Waals surface area (Å²) < 4.78 is 4.80. The highest BCUT2D eigenvalue weighted by molar-refractivity contribution is 6.31. The number of aldehydes is 1. The van der Waals surface area contributed by atoms with Gasteiger partial charge in [-0.3, -0.25) is 24.5 Å². The van der Waals surface area contributed by atoms with Gasteiger partial charge in [0.05, 0.1) is 45.1 Å². The first-order valence-electron chi connectivity index (χ1n) is 17.0. The van der Waals surface area contributed by atoms with Crippen molar-refractivity contribution in [2.45, 2.75) is 6.92 Å². The molecule has 3 aromatic heterocycles. The molecule has 0 aliphatic carbocycles. The lowest BCUT2D eigenvalue weighted by Gasteiger charge is -2.03. The Labute approximate surface area is 343 Å². The van der Waals surface area contributed by atoms with Crippen LogP contribution in [0.1, 0.15) is 27.6 Å². The van der Waals surface area contributed by atoms with E-state index in [2.05, 4.69) is 19.9 Å². The van der Waals surface area contributed by atoms with Crippen LogP contribution in [-0.2, 0) is 4.74 Å². The summed E-state index contributed by atoms with van der Waals surface area (Å²) in [6.45, 7) is 1.91. The second-order valence-electron chi connectivity index (χ2n) is 12.0. The number of nitrogens with two attached hydrogens (primary N) is 2. The molecule has 0 spiro atoms. The number of nitrogens with one attached hydrogen (secondary N) is 3. The second-order valence-corrected chi connectivity index (χ2v) is 13.3. The van der Waals surface area contributed by atoms with E-state index in [-0.39, 0.29) is 29.0 Å². The van der Waals surface area contributed by atoms with Gasteiger partial charge in [-0.2, -0.15) is 0 Å². The standard InChI is InChI=1S/C16H10ClN3O.C12H10ClNO3.C7H4ClNO3.C6H8N2/c17-10-5-6-12-9(7-10)8-11(16(21)20-12)15-18-13-3-1-2-4-14(13)19-15;1-2-17-12(16)9-6-7-5-8(13)3-4-10(7)14-11(9)15;8-6-1-2-7(9(11)12)5(3-6)4-10;7-5-3-1-2-4-6(5)8/h1-8H,(H,18,19)(H,20,21);3-6H,2H2,1H3,(H,14,15);1-4H;1-4H,7-8H2. The van der Waals surface area contributed by atoms with Gasteiger partial charge < -0.3 is 31.2 Å². The molecule has 14 nitrogen and oxygen atoms in total. The molecule has 0 aliphatic rings. The predicted octanol–water partition coefficient (Wildman–Crippen LogP) is 8.99. The van der Waals surface area contributed by atoms with Gasteiger partial charge in [0.25, 0.3) is 16.8 Å². The number of hydrogen-bond donors (Lipinski definition) is 5. The number of nitro groups is 1. The number of benzene rings is 5. The van der Waals surface area contributed by atoms with Crippen molar-refractivity contribution in [3.05, 3.63) is 172 Å². The zero-order chi connectivity index (χ0) is 41.9. The van der Waals surface area contributed by atoms with Crippen molar-refractivity contribution >= 4 is 97.0 Å². The number of carbonyl (C=O) groups excluding carboxylic acids is 2. The zero-order valence-electron chi connectivity index (χ0n) is 30.3. The molecule has 8 rings (SSSR count). The number of nitro benzene ring substituents is 1. The van der Waals surface area contributed by atoms with Crippen molar-refractivity contribution in [3.8, 4) is 11.4 Å². The topological polar surface area (TPSA) is 233 Å². The van der Waals surface area contributed by atoms with Gasteiger partial charge in [-0.1, -0.05) is 59.1 Å². The maximum atomic E-state index is 12.2. The highest BCUT2D eigenvalue weighted by atomic mass is 35.5. The molecular weight excluding hydrogens is 809 g/mol. The molecule has 0 saturated heterocycles. The number of anilines is 2. The van der Waals surface area contributed by atoms with Crippen molar-refractivity contribution in [1.82, 2.24) is 19.9 Å². The minimum absolute atomic E-state index is 0.00694. The average Bonchev–Trinajstić information content (AvgIpc) is 3.64. The van der Waals surface area contributed by atoms with E-state index in [1.54, 1.807) is 55.5 Å². The summed E-state index contributed by atoms with van der Waals surface area (Å²) in [6.07, 6.45) is 0.407. The van der Waals surface area contributed by atoms with Crippen LogP contribution in [0.5, 0.6) is 0 Å². The van der Waals surface area contributed by atoms with Crippen molar-refractivity contribution in [1.29, 1.82) is 0 Å². The van der Waals surface area contributed by atoms with Crippen molar-refractivity contribution in [3.63, 3.8) is 0 Å². The van der Waals surface area contributed by atoms with E-state index in [9.17, 15) is 29.3 Å². The van der Waals surface area contributed by atoms with E-state index in [1.807, 2.05) is 42.5 Å². The van der Waals surface area contributed by atoms with E-state index >= 15 is 0 Å². The van der Waals surface area contributed by atoms with Gasteiger partial charge in [0.15, 0.2) is 6.29 Å². The fraction of sp³-hybridized carbons (Fsp3) is 0.0488. The lowest BCUT2D eigenvalue weighted by molar-refractivity contribution is -0.385. The van der Waals surface area contributed by atoms with E-state index in [0.717, 1.165) is 21.9 Å². The van der Waals surface area contributed by atoms with Gasteiger partial charge in [-0.25, -0.2) is 9.78 Å². The van der Waals surface area contributed by atoms with Gasteiger partial charge in [0, 0.05) is 42.9 Å². The molecule has 0 fully saturated rings. The fourth-order valence-electron chi connectivity index (χ4n) is 5.27. The highest BCUT2D eigenvalue weighted by Crippen LogP contribution is 2.23. The van der Waals surface area contributed by atoms with Crippen LogP contribution >= 0.6 is 34.8 Å². The molecule has 0 saturated carbocycles. The Balaban J connectivity index is 0.000000156. The number of para-hydroxylation sites is 4. The average molecular weight is 841 g/mol. The second kappa shape index (κ2) is 19.2. The first-order chi connectivity index (χ1) is 27.8. The molecule has 0 unspecified atom stereocenters. The molecule has 0 aliphatic heterocycles. The number of esters is 1. The summed E-state index contributed by atoms with van der Waals surface area (Å²) in [7, 11) is 0. The Morgan fingerprint density at radius 1 is 0.741 bits per heavy atom. The number of halogens is 3. The number of aromatic nitrogens is 4. The molecule has 17 heteroatoms. The van der Waals surface area contributed by atoms with Crippen LogP contribution in [0.25, 0.3) is 44.2 Å². The summed E-state index contributed by atoms with van der Waals surface area (Å²) in [5.41, 5.74) is 14.8. The summed E-state index contributed by atoms with van der Waals surface area (Å²) in [4.78, 5) is 68.5. The van der Waals surface area contributed by atoms with Gasteiger partial charge in [-0.15, -0.1) is 0 Å². The molecule has 0 radical (unpaired) electrons. The number of rotatable bonds is 5. The monoisotopic (exact) mass is 839 g/mol. The minimum atomic E-state index is -0.629. The number of aromatic amines is 3. The number of carbonyl (C=O) groups is 2. The third-order valence-electron chi connectivity index (χ3n) is 8.06. The number of imidazole rings is 1. The van der Waals surface area contributed by atoms with Crippen LogP contribution in [-0.4, -0.2) is 43.7 Å². The van der Waals surface area contributed by atoms with Gasteiger partial charge in [0.2, 0.25) is 0 Å². The van der Waals surface area contributed by atoms with Gasteiger partial charge in [0.1, 0.15) is 11.4 Å². The van der Waals surface area contributed by atoms with E-state index in [4.69, 9.17) is 51.0 Å². The Bertz CT molecular complexity index is 2860. The summed E-state index contributed by atoms with van der Waals surface area (Å²) in [6, 6.07) is 32.4. The Hall–Kier alpha value is -7.00. The Morgan fingerprint density at radius 2 is 1.29 bits per heavy atom. The van der Waals surface area contributed by atoms with Crippen LogP contribution in [0.15, 0.2) is 125 Å². The molecule has 3 heterocycles. The number of hydrogen-bond acceptors (Lipinski definition) is 10. The van der Waals surface area contributed by atoms with Crippen molar-refractivity contribution in [2.24, 2.45) is 0 Å². The fourth-order valence-corrected chi connectivity index (χ4v) is 5.81. The Kier molecular flexibility index (Phi) is 14.0. The van der Waals surface area contributed by atoms with Crippen LogP contribution in [0.4, 0.5) is 17.1 Å². The normalized spacial score (nSPS) is 10.3. The molecule has 0 atom stereocenters. The number of pyridine rings is 2. The maximum Gasteiger partial charge on any atom is 0.343 e. The molecular formula is C41H32Cl3N7O7. The summed E-state index contributed by atoms with van der Waals surface area (Å²) >= 11 is 17.4. The molecule has 58 heavy (non-hydrogen) atoms. The summed E-state index contributed by atoms with van der Waals surface area (Å²) in [5.74, 6) is -0.0741. The maximum absolute atomic E-state index is 12.2. The number of fused-ring (bicyclic) bond motifs is 3. The third-order valence-corrected chi connectivity index (χ3v) is 8.77. The van der Waals surface area contributed by atoms with E-state index in [0.29, 0.717) is 55.0 Å².